The Morgan fingerprint density at radius 2 is 2.04 bits per heavy atom. The Hall–Kier alpha value is -2.58. The maximum absolute atomic E-state index is 12.4. The van der Waals surface area contributed by atoms with Crippen LogP contribution in [0.2, 0.25) is 0 Å². The molecule has 0 spiro atoms. The van der Waals surface area contributed by atoms with E-state index in [1.54, 1.807) is 4.90 Å². The molecule has 0 bridgehead atoms. The second-order valence-electron chi connectivity index (χ2n) is 6.71. The van der Waals surface area contributed by atoms with E-state index in [0.717, 1.165) is 19.3 Å². The number of nitrogen functional groups attached to an aromatic ring is 1. The average Bonchev–Trinajstić information content (AvgIpc) is 2.99. The Labute approximate surface area is 152 Å². The van der Waals surface area contributed by atoms with Gasteiger partial charge in [-0.05, 0) is 19.3 Å². The van der Waals surface area contributed by atoms with E-state index >= 15 is 0 Å². The highest BCUT2D eigenvalue weighted by Gasteiger charge is 2.20. The molecule has 0 saturated heterocycles. The van der Waals surface area contributed by atoms with Crippen molar-refractivity contribution in [3.8, 4) is 0 Å². The molecule has 0 amide bonds. The van der Waals surface area contributed by atoms with Crippen LogP contribution in [0.5, 0.6) is 0 Å². The van der Waals surface area contributed by atoms with Crippen molar-refractivity contribution < 1.29 is 4.52 Å². The second kappa shape index (κ2) is 8.68. The number of rotatable bonds is 9. The van der Waals surface area contributed by atoms with Gasteiger partial charge in [0.1, 0.15) is 11.5 Å². The first kappa shape index (κ1) is 19.7. The van der Waals surface area contributed by atoms with Crippen LogP contribution in [0, 0.1) is 5.92 Å². The summed E-state index contributed by atoms with van der Waals surface area (Å²) in [5, 5.41) is 3.97. The van der Waals surface area contributed by atoms with Crippen molar-refractivity contribution in [3.05, 3.63) is 32.6 Å². The lowest BCUT2D eigenvalue weighted by atomic mass is 10.1. The van der Waals surface area contributed by atoms with Crippen LogP contribution >= 0.6 is 0 Å². The van der Waals surface area contributed by atoms with Crippen LogP contribution in [0.1, 0.15) is 52.3 Å². The van der Waals surface area contributed by atoms with Gasteiger partial charge in [-0.1, -0.05) is 32.3 Å². The van der Waals surface area contributed by atoms with Crippen LogP contribution in [0.25, 0.3) is 0 Å². The number of H-pyrrole nitrogens is 1. The SMILES string of the molecule is CCCCn1c(N)c(N(CC)Cc2nc(CC(C)C)no2)c(=O)[nH]c1=O. The normalized spacial score (nSPS) is 11.3. The number of hydrogen-bond donors (Lipinski definition) is 2. The molecule has 0 atom stereocenters. The van der Waals surface area contributed by atoms with Crippen LogP contribution in [0.3, 0.4) is 0 Å². The first-order valence-electron chi connectivity index (χ1n) is 9.06. The van der Waals surface area contributed by atoms with Gasteiger partial charge in [0.15, 0.2) is 5.82 Å². The van der Waals surface area contributed by atoms with Crippen molar-refractivity contribution >= 4 is 11.5 Å². The van der Waals surface area contributed by atoms with E-state index in [1.807, 2.05) is 13.8 Å². The van der Waals surface area contributed by atoms with E-state index < -0.39 is 11.2 Å². The van der Waals surface area contributed by atoms with Gasteiger partial charge in [-0.3, -0.25) is 14.3 Å². The van der Waals surface area contributed by atoms with Crippen molar-refractivity contribution in [1.82, 2.24) is 19.7 Å². The van der Waals surface area contributed by atoms with E-state index in [4.69, 9.17) is 10.3 Å². The van der Waals surface area contributed by atoms with Crippen molar-refractivity contribution in [2.75, 3.05) is 17.2 Å². The van der Waals surface area contributed by atoms with E-state index in [9.17, 15) is 9.59 Å². The van der Waals surface area contributed by atoms with Gasteiger partial charge in [0.2, 0.25) is 5.89 Å². The molecule has 2 heterocycles. The zero-order valence-corrected chi connectivity index (χ0v) is 15.9. The summed E-state index contributed by atoms with van der Waals surface area (Å²) >= 11 is 0. The lowest BCUT2D eigenvalue weighted by Gasteiger charge is -2.23. The minimum atomic E-state index is -0.510. The largest absolute Gasteiger partial charge is 0.383 e. The highest BCUT2D eigenvalue weighted by molar-refractivity contribution is 5.62. The van der Waals surface area contributed by atoms with E-state index in [2.05, 4.69) is 29.0 Å². The van der Waals surface area contributed by atoms with Crippen molar-refractivity contribution in [3.63, 3.8) is 0 Å². The zero-order valence-electron chi connectivity index (χ0n) is 15.9. The smallest absolute Gasteiger partial charge is 0.330 e. The number of nitrogens with zero attached hydrogens (tertiary/aromatic N) is 4. The summed E-state index contributed by atoms with van der Waals surface area (Å²) in [6.07, 6.45) is 2.43. The number of aromatic amines is 1. The summed E-state index contributed by atoms with van der Waals surface area (Å²) in [6, 6.07) is 0. The Bertz CT molecular complexity index is 836. The summed E-state index contributed by atoms with van der Waals surface area (Å²) in [6.45, 7) is 9.29. The molecule has 9 nitrogen and oxygen atoms in total. The van der Waals surface area contributed by atoms with Crippen molar-refractivity contribution in [1.29, 1.82) is 0 Å². The van der Waals surface area contributed by atoms with Gasteiger partial charge in [-0.25, -0.2) is 4.79 Å². The number of aromatic nitrogens is 4. The Kier molecular flexibility index (Phi) is 6.59. The molecular formula is C17H28N6O3. The molecule has 2 aromatic heterocycles. The van der Waals surface area contributed by atoms with E-state index in [-0.39, 0.29) is 18.1 Å². The molecular weight excluding hydrogens is 336 g/mol. The Balaban J connectivity index is 2.33. The molecule has 0 aliphatic rings. The number of nitrogens with one attached hydrogen (secondary N) is 1. The number of anilines is 2. The molecule has 0 aromatic carbocycles. The number of hydrogen-bond acceptors (Lipinski definition) is 7. The Morgan fingerprint density at radius 3 is 2.65 bits per heavy atom. The van der Waals surface area contributed by atoms with Crippen LogP contribution in [-0.4, -0.2) is 26.2 Å². The molecule has 0 unspecified atom stereocenters. The lowest BCUT2D eigenvalue weighted by Crippen LogP contribution is -2.38. The standard InChI is InChI=1S/C17H28N6O3/c1-5-7-8-23-15(18)14(16(24)20-17(23)25)22(6-2)10-13-19-12(21-26-13)9-11(3)4/h11H,5-10,18H2,1-4H3,(H,20,24,25). The average molecular weight is 364 g/mol. The molecule has 0 aliphatic carbocycles. The molecule has 0 radical (unpaired) electrons. The maximum Gasteiger partial charge on any atom is 0.330 e. The van der Waals surface area contributed by atoms with Gasteiger partial charge in [-0.15, -0.1) is 0 Å². The predicted molar refractivity (Wildman–Crippen MR) is 100 cm³/mol. The molecule has 0 saturated carbocycles. The van der Waals surface area contributed by atoms with Gasteiger partial charge in [0, 0.05) is 19.5 Å². The van der Waals surface area contributed by atoms with Crippen molar-refractivity contribution in [2.45, 2.75) is 60.0 Å². The quantitative estimate of drug-likeness (QED) is 0.691. The van der Waals surface area contributed by atoms with Gasteiger partial charge in [-0.2, -0.15) is 4.98 Å². The zero-order chi connectivity index (χ0) is 19.3. The second-order valence-corrected chi connectivity index (χ2v) is 6.71. The summed E-state index contributed by atoms with van der Waals surface area (Å²) in [5.41, 5.74) is 5.42. The van der Waals surface area contributed by atoms with Crippen molar-refractivity contribution in [2.24, 2.45) is 5.92 Å². The van der Waals surface area contributed by atoms with Gasteiger partial charge in [0.05, 0.1) is 6.54 Å². The first-order chi connectivity index (χ1) is 12.4. The van der Waals surface area contributed by atoms with Gasteiger partial charge in [0.25, 0.3) is 5.56 Å². The van der Waals surface area contributed by atoms with Crippen LogP contribution < -0.4 is 21.9 Å². The monoisotopic (exact) mass is 364 g/mol. The first-order valence-corrected chi connectivity index (χ1v) is 9.06. The summed E-state index contributed by atoms with van der Waals surface area (Å²) in [7, 11) is 0. The predicted octanol–water partition coefficient (Wildman–Crippen LogP) is 1.53. The Morgan fingerprint density at radius 1 is 1.31 bits per heavy atom. The minimum absolute atomic E-state index is 0.163. The third-order valence-corrected chi connectivity index (χ3v) is 4.07. The molecule has 9 heteroatoms. The van der Waals surface area contributed by atoms with Crippen LogP contribution in [0.4, 0.5) is 11.5 Å². The molecule has 0 fully saturated rings. The van der Waals surface area contributed by atoms with Gasteiger partial charge < -0.3 is 15.2 Å². The topological polar surface area (TPSA) is 123 Å². The maximum atomic E-state index is 12.4. The molecule has 3 N–H and O–H groups in total. The van der Waals surface area contributed by atoms with E-state index in [1.165, 1.54) is 4.57 Å². The van der Waals surface area contributed by atoms with Crippen LogP contribution in [0.15, 0.2) is 14.1 Å². The van der Waals surface area contributed by atoms with Crippen LogP contribution in [-0.2, 0) is 19.5 Å². The fourth-order valence-electron chi connectivity index (χ4n) is 2.74. The fourth-order valence-corrected chi connectivity index (χ4v) is 2.74. The molecule has 0 aliphatic heterocycles. The highest BCUT2D eigenvalue weighted by Crippen LogP contribution is 2.19. The third kappa shape index (κ3) is 4.53. The van der Waals surface area contributed by atoms with E-state index in [0.29, 0.717) is 30.7 Å². The molecule has 2 aromatic rings. The fraction of sp³-hybridized carbons (Fsp3) is 0.647. The number of nitrogens with two attached hydrogens (primary N) is 1. The molecule has 2 rings (SSSR count). The van der Waals surface area contributed by atoms with Gasteiger partial charge >= 0.3 is 5.69 Å². The summed E-state index contributed by atoms with van der Waals surface area (Å²) in [5.74, 6) is 1.63. The summed E-state index contributed by atoms with van der Waals surface area (Å²) < 4.78 is 6.70. The molecule has 144 valence electrons. The third-order valence-electron chi connectivity index (χ3n) is 4.07. The minimum Gasteiger partial charge on any atom is -0.383 e. The molecule has 26 heavy (non-hydrogen) atoms. The summed E-state index contributed by atoms with van der Waals surface area (Å²) in [4.78, 5) is 32.9. The highest BCUT2D eigenvalue weighted by atomic mass is 16.5. The lowest BCUT2D eigenvalue weighted by molar-refractivity contribution is 0.369. The number of unbranched alkanes of at least 4 members (excludes halogenated alkanes) is 1.